The molecule has 2 atom stereocenters. The van der Waals surface area contributed by atoms with Crippen molar-refractivity contribution in [2.45, 2.75) is 57.1 Å². The number of fused-ring (bicyclic) bond motifs is 1. The SMILES string of the molecule is Cc1nc2nc([C@@H]3CCO[C@H](c4cnn(C5CC5)c4)C3)nc(-c3ccc(F)cc3F)c2nc1C(F)F. The summed E-state index contributed by atoms with van der Waals surface area (Å²) in [6, 6.07) is 3.48. The highest BCUT2D eigenvalue weighted by molar-refractivity contribution is 5.87. The quantitative estimate of drug-likeness (QED) is 0.325. The third kappa shape index (κ3) is 4.21. The molecule has 0 spiro atoms. The van der Waals surface area contributed by atoms with E-state index in [2.05, 4.69) is 25.0 Å². The highest BCUT2D eigenvalue weighted by Gasteiger charge is 2.31. The fourth-order valence-corrected chi connectivity index (χ4v) is 4.64. The van der Waals surface area contributed by atoms with Gasteiger partial charge in [0, 0.05) is 35.9 Å². The molecule has 0 N–H and O–H groups in total. The molecule has 2 fully saturated rings. The van der Waals surface area contributed by atoms with Crippen molar-refractivity contribution in [3.05, 3.63) is 65.0 Å². The van der Waals surface area contributed by atoms with Gasteiger partial charge in [-0.3, -0.25) is 4.68 Å². The first-order chi connectivity index (χ1) is 17.4. The summed E-state index contributed by atoms with van der Waals surface area (Å²) in [5.41, 5.74) is 0.454. The molecule has 186 valence electrons. The standard InChI is InChI=1S/C25H22F4N6O/c1-12-20(23(28)29)32-22-21(17-5-2-15(26)9-18(17)27)33-24(34-25(22)31-12)13-6-7-36-19(8-13)14-10-30-35(11-14)16-3-4-16/h2,5,9-11,13,16,19,23H,3-4,6-8H2,1H3/t13-,19+/m1/s1. The molecule has 0 unspecified atom stereocenters. The Hall–Kier alpha value is -3.47. The van der Waals surface area contributed by atoms with E-state index in [1.165, 1.54) is 13.0 Å². The Bertz CT molecular complexity index is 1450. The molecule has 11 heteroatoms. The Morgan fingerprint density at radius 1 is 1.06 bits per heavy atom. The molecule has 1 aliphatic carbocycles. The van der Waals surface area contributed by atoms with Gasteiger partial charge in [-0.15, -0.1) is 0 Å². The van der Waals surface area contributed by atoms with E-state index < -0.39 is 23.8 Å². The van der Waals surface area contributed by atoms with Crippen molar-refractivity contribution >= 4 is 11.2 Å². The van der Waals surface area contributed by atoms with E-state index in [1.54, 1.807) is 0 Å². The van der Waals surface area contributed by atoms with Crippen LogP contribution in [-0.4, -0.2) is 36.3 Å². The minimum Gasteiger partial charge on any atom is -0.373 e. The van der Waals surface area contributed by atoms with Crippen LogP contribution in [0.2, 0.25) is 0 Å². The number of ether oxygens (including phenoxy) is 1. The van der Waals surface area contributed by atoms with Crippen LogP contribution in [0, 0.1) is 18.6 Å². The van der Waals surface area contributed by atoms with Gasteiger partial charge in [-0.2, -0.15) is 5.10 Å². The molecule has 1 saturated heterocycles. The Balaban J connectivity index is 1.43. The number of hydrogen-bond donors (Lipinski definition) is 0. The smallest absolute Gasteiger partial charge is 0.282 e. The highest BCUT2D eigenvalue weighted by atomic mass is 19.3. The average Bonchev–Trinajstić information content (AvgIpc) is 3.59. The van der Waals surface area contributed by atoms with Gasteiger partial charge in [-0.25, -0.2) is 37.5 Å². The third-order valence-corrected chi connectivity index (χ3v) is 6.72. The number of hydrogen-bond acceptors (Lipinski definition) is 6. The van der Waals surface area contributed by atoms with E-state index in [0.717, 1.165) is 30.5 Å². The van der Waals surface area contributed by atoms with Crippen LogP contribution >= 0.6 is 0 Å². The summed E-state index contributed by atoms with van der Waals surface area (Å²) in [5.74, 6) is -1.40. The maximum absolute atomic E-state index is 14.8. The zero-order valence-electron chi connectivity index (χ0n) is 19.3. The summed E-state index contributed by atoms with van der Waals surface area (Å²) < 4.78 is 63.5. The summed E-state index contributed by atoms with van der Waals surface area (Å²) in [6.45, 7) is 1.89. The zero-order valence-corrected chi connectivity index (χ0v) is 19.3. The van der Waals surface area contributed by atoms with Crippen molar-refractivity contribution in [2.24, 2.45) is 0 Å². The van der Waals surface area contributed by atoms with Gasteiger partial charge in [-0.1, -0.05) is 0 Å². The van der Waals surface area contributed by atoms with Gasteiger partial charge in [0.15, 0.2) is 5.65 Å². The second-order valence-corrected chi connectivity index (χ2v) is 9.29. The zero-order chi connectivity index (χ0) is 25.0. The summed E-state index contributed by atoms with van der Waals surface area (Å²) in [7, 11) is 0. The molecule has 0 bridgehead atoms. The third-order valence-electron chi connectivity index (χ3n) is 6.72. The maximum Gasteiger partial charge on any atom is 0.282 e. The summed E-state index contributed by atoms with van der Waals surface area (Å²) in [6.07, 6.45) is 4.16. The first-order valence-electron chi connectivity index (χ1n) is 11.8. The van der Waals surface area contributed by atoms with Crippen LogP contribution in [0.1, 0.15) is 72.9 Å². The maximum atomic E-state index is 14.8. The normalized spacial score (nSPS) is 20.4. The minimum absolute atomic E-state index is 0.00601. The second kappa shape index (κ2) is 8.88. The van der Waals surface area contributed by atoms with Crippen LogP contribution in [0.3, 0.4) is 0 Å². The highest BCUT2D eigenvalue weighted by Crippen LogP contribution is 2.40. The molecule has 36 heavy (non-hydrogen) atoms. The lowest BCUT2D eigenvalue weighted by Crippen LogP contribution is -2.20. The monoisotopic (exact) mass is 498 g/mol. The molecule has 0 radical (unpaired) electrons. The molecule has 1 saturated carbocycles. The molecular formula is C25H22F4N6O. The van der Waals surface area contributed by atoms with E-state index >= 15 is 0 Å². The van der Waals surface area contributed by atoms with Gasteiger partial charge in [-0.05, 0) is 44.7 Å². The van der Waals surface area contributed by atoms with Gasteiger partial charge in [0.25, 0.3) is 6.43 Å². The minimum atomic E-state index is -2.87. The largest absolute Gasteiger partial charge is 0.373 e. The number of halogens is 4. The molecule has 6 rings (SSSR count). The molecule has 0 amide bonds. The number of nitrogens with zero attached hydrogens (tertiary/aromatic N) is 6. The number of benzene rings is 1. The van der Waals surface area contributed by atoms with Crippen LogP contribution in [0.25, 0.3) is 22.4 Å². The summed E-state index contributed by atoms with van der Waals surface area (Å²) in [4.78, 5) is 17.5. The van der Waals surface area contributed by atoms with Gasteiger partial charge >= 0.3 is 0 Å². The van der Waals surface area contributed by atoms with Crippen molar-refractivity contribution in [1.29, 1.82) is 0 Å². The van der Waals surface area contributed by atoms with Crippen molar-refractivity contribution in [1.82, 2.24) is 29.7 Å². The van der Waals surface area contributed by atoms with Gasteiger partial charge in [0.1, 0.15) is 34.4 Å². The molecule has 4 aromatic rings. The predicted molar refractivity (Wildman–Crippen MR) is 121 cm³/mol. The van der Waals surface area contributed by atoms with Crippen LogP contribution < -0.4 is 0 Å². The van der Waals surface area contributed by atoms with E-state index in [9.17, 15) is 17.6 Å². The molecule has 7 nitrogen and oxygen atoms in total. The lowest BCUT2D eigenvalue weighted by Gasteiger charge is -2.28. The van der Waals surface area contributed by atoms with E-state index in [4.69, 9.17) is 4.74 Å². The van der Waals surface area contributed by atoms with Gasteiger partial charge < -0.3 is 4.74 Å². The van der Waals surface area contributed by atoms with E-state index in [1.807, 2.05) is 17.1 Å². The Kier molecular flexibility index (Phi) is 5.66. The van der Waals surface area contributed by atoms with Gasteiger partial charge in [0.2, 0.25) is 0 Å². The lowest BCUT2D eigenvalue weighted by atomic mass is 9.92. The molecule has 4 heterocycles. The fourth-order valence-electron chi connectivity index (χ4n) is 4.64. The molecule has 2 aliphatic rings. The number of aryl methyl sites for hydroxylation is 1. The topological polar surface area (TPSA) is 78.6 Å². The fraction of sp³-hybridized carbons (Fsp3) is 0.400. The van der Waals surface area contributed by atoms with Crippen molar-refractivity contribution in [2.75, 3.05) is 6.61 Å². The summed E-state index contributed by atoms with van der Waals surface area (Å²) >= 11 is 0. The van der Waals surface area contributed by atoms with Crippen molar-refractivity contribution in [3.63, 3.8) is 0 Å². The van der Waals surface area contributed by atoms with E-state index in [-0.39, 0.29) is 40.1 Å². The molecule has 3 aromatic heterocycles. The predicted octanol–water partition coefficient (Wildman–Crippen LogP) is 5.78. The molecule has 1 aliphatic heterocycles. The van der Waals surface area contributed by atoms with Crippen LogP contribution in [0.5, 0.6) is 0 Å². The Morgan fingerprint density at radius 3 is 2.64 bits per heavy atom. The van der Waals surface area contributed by atoms with Crippen molar-refractivity contribution in [3.8, 4) is 11.3 Å². The molecule has 1 aromatic carbocycles. The van der Waals surface area contributed by atoms with E-state index in [0.29, 0.717) is 31.3 Å². The number of alkyl halides is 2. The molecular weight excluding hydrogens is 476 g/mol. The second-order valence-electron chi connectivity index (χ2n) is 9.29. The number of aromatic nitrogens is 6. The van der Waals surface area contributed by atoms with Crippen LogP contribution in [-0.2, 0) is 4.74 Å². The lowest BCUT2D eigenvalue weighted by molar-refractivity contribution is 0.00396. The van der Waals surface area contributed by atoms with Crippen LogP contribution in [0.4, 0.5) is 17.6 Å². The van der Waals surface area contributed by atoms with Crippen LogP contribution in [0.15, 0.2) is 30.6 Å². The van der Waals surface area contributed by atoms with Gasteiger partial charge in [0.05, 0.1) is 24.0 Å². The summed E-state index contributed by atoms with van der Waals surface area (Å²) in [5, 5.41) is 4.45. The number of rotatable bonds is 5. The Morgan fingerprint density at radius 2 is 1.89 bits per heavy atom. The first-order valence-corrected chi connectivity index (χ1v) is 11.8. The first kappa shape index (κ1) is 23.0. The Labute approximate surface area is 203 Å². The van der Waals surface area contributed by atoms with Crippen molar-refractivity contribution < 1.29 is 22.3 Å². The average molecular weight is 498 g/mol.